The van der Waals surface area contributed by atoms with E-state index in [4.69, 9.17) is 9.72 Å². The SMILES string of the molecule is CN(c1nc(OC[C@@]23CCCN2C[C@H](F)C3)nc2ccncc12)[C@@H]1CCNC1. The van der Waals surface area contributed by atoms with Crippen LogP contribution in [0.1, 0.15) is 25.7 Å². The average Bonchev–Trinajstić information content (AvgIpc) is 3.41. The van der Waals surface area contributed by atoms with Crippen molar-refractivity contribution >= 4 is 16.7 Å². The monoisotopic (exact) mass is 386 g/mol. The van der Waals surface area contributed by atoms with E-state index in [0.717, 1.165) is 55.6 Å². The molecule has 0 radical (unpaired) electrons. The zero-order chi connectivity index (χ0) is 19.1. The van der Waals surface area contributed by atoms with Crippen LogP contribution < -0.4 is 15.0 Å². The molecule has 0 aliphatic carbocycles. The predicted molar refractivity (Wildman–Crippen MR) is 106 cm³/mol. The van der Waals surface area contributed by atoms with E-state index >= 15 is 0 Å². The van der Waals surface area contributed by atoms with Gasteiger partial charge in [0.1, 0.15) is 18.6 Å². The van der Waals surface area contributed by atoms with E-state index < -0.39 is 6.17 Å². The summed E-state index contributed by atoms with van der Waals surface area (Å²) in [5, 5.41) is 4.33. The number of pyridine rings is 1. The minimum absolute atomic E-state index is 0.197. The zero-order valence-corrected chi connectivity index (χ0v) is 16.3. The van der Waals surface area contributed by atoms with Crippen LogP contribution in [0.3, 0.4) is 0 Å². The van der Waals surface area contributed by atoms with E-state index in [2.05, 4.69) is 32.1 Å². The van der Waals surface area contributed by atoms with Crippen LogP contribution >= 0.6 is 0 Å². The van der Waals surface area contributed by atoms with Gasteiger partial charge >= 0.3 is 6.01 Å². The van der Waals surface area contributed by atoms with Crippen molar-refractivity contribution in [1.82, 2.24) is 25.2 Å². The van der Waals surface area contributed by atoms with E-state index in [9.17, 15) is 4.39 Å². The molecule has 150 valence electrons. The molecule has 28 heavy (non-hydrogen) atoms. The first-order chi connectivity index (χ1) is 13.6. The third kappa shape index (κ3) is 3.08. The summed E-state index contributed by atoms with van der Waals surface area (Å²) in [6, 6.07) is 2.65. The van der Waals surface area contributed by atoms with Gasteiger partial charge in [-0.25, -0.2) is 4.39 Å². The van der Waals surface area contributed by atoms with Gasteiger partial charge in [0, 0.05) is 45.0 Å². The molecule has 3 atom stereocenters. The Labute approximate surface area is 164 Å². The van der Waals surface area contributed by atoms with Crippen molar-refractivity contribution in [3.63, 3.8) is 0 Å². The second-order valence-electron chi connectivity index (χ2n) is 8.34. The number of alkyl halides is 1. The fourth-order valence-corrected chi connectivity index (χ4v) is 5.06. The fourth-order valence-electron chi connectivity index (χ4n) is 5.06. The molecule has 3 aliphatic heterocycles. The Morgan fingerprint density at radius 2 is 2.36 bits per heavy atom. The normalized spacial score (nSPS) is 30.1. The molecule has 3 fully saturated rings. The first-order valence-corrected chi connectivity index (χ1v) is 10.2. The van der Waals surface area contributed by atoms with Gasteiger partial charge in [-0.3, -0.25) is 9.88 Å². The molecular weight excluding hydrogens is 359 g/mol. The minimum Gasteiger partial charge on any atom is -0.461 e. The highest BCUT2D eigenvalue weighted by Gasteiger charge is 2.49. The Hall–Kier alpha value is -2.06. The molecule has 5 rings (SSSR count). The Balaban J connectivity index is 1.43. The molecule has 0 saturated carbocycles. The van der Waals surface area contributed by atoms with Crippen molar-refractivity contribution < 1.29 is 9.13 Å². The molecule has 3 aliphatic rings. The lowest BCUT2D eigenvalue weighted by atomic mass is 9.95. The predicted octanol–water partition coefficient (Wildman–Crippen LogP) is 1.78. The highest BCUT2D eigenvalue weighted by molar-refractivity contribution is 5.89. The van der Waals surface area contributed by atoms with E-state index in [-0.39, 0.29) is 5.54 Å². The van der Waals surface area contributed by atoms with Crippen LogP contribution in [-0.4, -0.2) is 77.4 Å². The topological polar surface area (TPSA) is 66.4 Å². The molecule has 7 nitrogen and oxygen atoms in total. The number of likely N-dealkylation sites (N-methyl/N-ethyl adjacent to an activating group) is 1. The molecule has 0 spiro atoms. The van der Waals surface area contributed by atoms with Gasteiger partial charge in [-0.05, 0) is 38.4 Å². The second-order valence-corrected chi connectivity index (χ2v) is 8.34. The summed E-state index contributed by atoms with van der Waals surface area (Å²) >= 11 is 0. The van der Waals surface area contributed by atoms with E-state index in [0.29, 0.717) is 31.6 Å². The molecule has 8 heteroatoms. The van der Waals surface area contributed by atoms with Crippen molar-refractivity contribution in [2.75, 3.05) is 44.7 Å². The van der Waals surface area contributed by atoms with Crippen molar-refractivity contribution in [3.05, 3.63) is 18.5 Å². The first kappa shape index (κ1) is 18.0. The number of nitrogens with zero attached hydrogens (tertiary/aromatic N) is 5. The van der Waals surface area contributed by atoms with Gasteiger partial charge in [0.15, 0.2) is 0 Å². The molecule has 0 unspecified atom stereocenters. The van der Waals surface area contributed by atoms with Crippen LogP contribution in [0.4, 0.5) is 10.2 Å². The third-order valence-corrected chi connectivity index (χ3v) is 6.60. The minimum atomic E-state index is -0.760. The summed E-state index contributed by atoms with van der Waals surface area (Å²) in [7, 11) is 2.07. The molecule has 3 saturated heterocycles. The molecule has 0 aromatic carbocycles. The second kappa shape index (κ2) is 7.08. The van der Waals surface area contributed by atoms with Gasteiger partial charge in [-0.2, -0.15) is 9.97 Å². The Kier molecular flexibility index (Phi) is 4.55. The highest BCUT2D eigenvalue weighted by atomic mass is 19.1. The van der Waals surface area contributed by atoms with Gasteiger partial charge < -0.3 is 15.0 Å². The quantitative estimate of drug-likeness (QED) is 0.840. The summed E-state index contributed by atoms with van der Waals surface area (Å²) < 4.78 is 20.1. The highest BCUT2D eigenvalue weighted by Crippen LogP contribution is 2.40. The third-order valence-electron chi connectivity index (χ3n) is 6.60. The number of rotatable bonds is 5. The molecule has 5 heterocycles. The Morgan fingerprint density at radius 1 is 1.43 bits per heavy atom. The standard InChI is InChI=1S/C20H27FN6O/c1-26(15-3-6-22-10-15)18-16-11-23-7-4-17(16)24-19(25-18)28-13-20-5-2-8-27(20)12-14(21)9-20/h4,7,11,14-15,22H,2-3,5-6,8-10,12-13H2,1H3/t14-,15-,20+/m1/s1. The summed E-state index contributed by atoms with van der Waals surface area (Å²) in [6.07, 6.45) is 6.50. The average molecular weight is 386 g/mol. The lowest BCUT2D eigenvalue weighted by Crippen LogP contribution is -2.43. The van der Waals surface area contributed by atoms with Crippen molar-refractivity contribution in [2.45, 2.75) is 43.4 Å². The van der Waals surface area contributed by atoms with Crippen molar-refractivity contribution in [2.24, 2.45) is 0 Å². The number of anilines is 1. The number of hydrogen-bond donors (Lipinski definition) is 1. The van der Waals surface area contributed by atoms with Gasteiger partial charge in [0.2, 0.25) is 0 Å². The number of halogens is 1. The Morgan fingerprint density at radius 3 is 3.21 bits per heavy atom. The largest absolute Gasteiger partial charge is 0.461 e. The Bertz CT molecular complexity index is 860. The van der Waals surface area contributed by atoms with E-state index in [1.807, 2.05) is 12.3 Å². The number of hydrogen-bond acceptors (Lipinski definition) is 7. The molecular formula is C20H27FN6O. The summed E-state index contributed by atoms with van der Waals surface area (Å²) in [5.41, 5.74) is 0.626. The van der Waals surface area contributed by atoms with Gasteiger partial charge in [-0.15, -0.1) is 0 Å². The number of nitrogens with one attached hydrogen (secondary N) is 1. The van der Waals surface area contributed by atoms with Crippen molar-refractivity contribution in [1.29, 1.82) is 0 Å². The zero-order valence-electron chi connectivity index (χ0n) is 16.3. The van der Waals surface area contributed by atoms with Crippen LogP contribution in [0.5, 0.6) is 6.01 Å². The van der Waals surface area contributed by atoms with Gasteiger partial charge in [0.25, 0.3) is 0 Å². The van der Waals surface area contributed by atoms with E-state index in [1.54, 1.807) is 6.20 Å². The molecule has 0 amide bonds. The maximum absolute atomic E-state index is 14.0. The maximum Gasteiger partial charge on any atom is 0.319 e. The number of fused-ring (bicyclic) bond motifs is 2. The lowest BCUT2D eigenvalue weighted by molar-refractivity contribution is 0.107. The first-order valence-electron chi connectivity index (χ1n) is 10.2. The summed E-state index contributed by atoms with van der Waals surface area (Å²) in [5.74, 6) is 0.845. The van der Waals surface area contributed by atoms with Crippen LogP contribution in [0.15, 0.2) is 18.5 Å². The van der Waals surface area contributed by atoms with Crippen LogP contribution in [-0.2, 0) is 0 Å². The van der Waals surface area contributed by atoms with E-state index in [1.165, 1.54) is 0 Å². The van der Waals surface area contributed by atoms with Crippen LogP contribution in [0.2, 0.25) is 0 Å². The van der Waals surface area contributed by atoms with Crippen LogP contribution in [0.25, 0.3) is 10.9 Å². The molecule has 1 N–H and O–H groups in total. The van der Waals surface area contributed by atoms with Crippen molar-refractivity contribution in [3.8, 4) is 6.01 Å². The number of aromatic nitrogens is 3. The lowest BCUT2D eigenvalue weighted by Gasteiger charge is -2.31. The maximum atomic E-state index is 14.0. The smallest absolute Gasteiger partial charge is 0.319 e. The van der Waals surface area contributed by atoms with Gasteiger partial charge in [-0.1, -0.05) is 0 Å². The number of ether oxygens (including phenoxy) is 1. The fraction of sp³-hybridized carbons (Fsp3) is 0.650. The summed E-state index contributed by atoms with van der Waals surface area (Å²) in [4.78, 5) is 18.1. The molecule has 2 aromatic rings. The van der Waals surface area contributed by atoms with Gasteiger partial charge in [0.05, 0.1) is 16.4 Å². The van der Waals surface area contributed by atoms with Crippen LogP contribution in [0, 0.1) is 0 Å². The summed E-state index contributed by atoms with van der Waals surface area (Å²) in [6.45, 7) is 3.88. The molecule has 2 aromatic heterocycles. The molecule has 0 bridgehead atoms.